The fourth-order valence-electron chi connectivity index (χ4n) is 1.61. The van der Waals surface area contributed by atoms with Gasteiger partial charge < -0.3 is 5.11 Å². The van der Waals surface area contributed by atoms with E-state index in [2.05, 4.69) is 0 Å². The second-order valence-corrected chi connectivity index (χ2v) is 4.39. The Kier molecular flexibility index (Phi) is 2.99. The second kappa shape index (κ2) is 4.28. The Morgan fingerprint density at radius 3 is 2.75 bits per heavy atom. The molecule has 16 heavy (non-hydrogen) atoms. The zero-order chi connectivity index (χ0) is 11.7. The number of nitrogens with zero attached hydrogens (tertiary/aromatic N) is 1. The minimum absolute atomic E-state index is 0.399. The van der Waals surface area contributed by atoms with E-state index >= 15 is 0 Å². The molecule has 84 valence electrons. The summed E-state index contributed by atoms with van der Waals surface area (Å²) in [5, 5.41) is 9.98. The quantitative estimate of drug-likeness (QED) is 0.815. The van der Waals surface area contributed by atoms with Gasteiger partial charge in [-0.05, 0) is 19.1 Å². The highest BCUT2D eigenvalue weighted by Crippen LogP contribution is 2.16. The van der Waals surface area contributed by atoms with Crippen molar-refractivity contribution in [2.24, 2.45) is 0 Å². The first-order valence-electron chi connectivity index (χ1n) is 5.03. The molecule has 0 aliphatic heterocycles. The Morgan fingerprint density at radius 2 is 2.06 bits per heavy atom. The van der Waals surface area contributed by atoms with E-state index in [1.807, 2.05) is 30.3 Å². The van der Waals surface area contributed by atoms with Crippen molar-refractivity contribution in [1.29, 1.82) is 0 Å². The van der Waals surface area contributed by atoms with Crippen molar-refractivity contribution in [3.63, 3.8) is 0 Å². The van der Waals surface area contributed by atoms with Crippen LogP contribution in [-0.2, 0) is 0 Å². The first-order chi connectivity index (χ1) is 7.61. The largest absolute Gasteiger partial charge is 0.382 e. The first kappa shape index (κ1) is 11.2. The summed E-state index contributed by atoms with van der Waals surface area (Å²) in [5.41, 5.74) is 0.781. The number of fused-ring (bicyclic) bond motifs is 1. The van der Waals surface area contributed by atoms with Crippen LogP contribution in [-0.4, -0.2) is 27.1 Å². The summed E-state index contributed by atoms with van der Waals surface area (Å²) in [6.07, 6.45) is 0.465. The van der Waals surface area contributed by atoms with Gasteiger partial charge in [-0.2, -0.15) is 0 Å². The number of carbonyl (C=O) groups is 1. The van der Waals surface area contributed by atoms with Crippen molar-refractivity contribution in [1.82, 2.24) is 4.57 Å². The highest BCUT2D eigenvalue weighted by atomic mass is 35.5. The molecule has 2 atom stereocenters. The molecule has 0 bridgehead atoms. The number of halogens is 1. The molecule has 0 radical (unpaired) electrons. The smallest absolute Gasteiger partial charge is 0.261 e. The number of benzene rings is 1. The molecule has 2 unspecified atom stereocenters. The number of carbonyl (C=O) groups excluding carboxylic acids is 1. The Bertz CT molecular complexity index is 518. The number of alkyl halides is 1. The number of hydrogen-bond acceptors (Lipinski definition) is 2. The Morgan fingerprint density at radius 1 is 1.38 bits per heavy atom. The van der Waals surface area contributed by atoms with Gasteiger partial charge in [0, 0.05) is 11.6 Å². The number of para-hydroxylation sites is 1. The molecule has 0 amide bonds. The van der Waals surface area contributed by atoms with Gasteiger partial charge in [0.05, 0.1) is 10.9 Å². The lowest BCUT2D eigenvalue weighted by atomic mass is 10.2. The van der Waals surface area contributed by atoms with E-state index in [1.165, 1.54) is 4.57 Å². The monoisotopic (exact) mass is 237 g/mol. The highest BCUT2D eigenvalue weighted by Gasteiger charge is 2.22. The van der Waals surface area contributed by atoms with E-state index in [0.29, 0.717) is 0 Å². The number of aliphatic hydroxyl groups is 1. The van der Waals surface area contributed by atoms with E-state index in [1.54, 1.807) is 13.1 Å². The summed E-state index contributed by atoms with van der Waals surface area (Å²) < 4.78 is 1.43. The van der Waals surface area contributed by atoms with Crippen LogP contribution in [0.2, 0.25) is 0 Å². The highest BCUT2D eigenvalue weighted by molar-refractivity contribution is 6.22. The molecule has 0 saturated carbocycles. The number of rotatable bonds is 2. The Balaban J connectivity index is 2.44. The van der Waals surface area contributed by atoms with Crippen LogP contribution in [0.4, 0.5) is 0 Å². The van der Waals surface area contributed by atoms with Crippen LogP contribution in [0.25, 0.3) is 10.9 Å². The molecule has 4 heteroatoms. The van der Waals surface area contributed by atoms with E-state index in [4.69, 9.17) is 11.6 Å². The van der Waals surface area contributed by atoms with Gasteiger partial charge in [0.15, 0.2) is 0 Å². The maximum Gasteiger partial charge on any atom is 0.261 e. The SMILES string of the molecule is CC(Cl)C(O)C(=O)n1ccc2ccccc21. The minimum Gasteiger partial charge on any atom is -0.382 e. The third kappa shape index (κ3) is 1.84. The molecule has 3 nitrogen and oxygen atoms in total. The topological polar surface area (TPSA) is 42.2 Å². The average molecular weight is 238 g/mol. The van der Waals surface area contributed by atoms with Crippen molar-refractivity contribution in [3.8, 4) is 0 Å². The van der Waals surface area contributed by atoms with Gasteiger partial charge in [-0.1, -0.05) is 18.2 Å². The molecule has 0 fully saturated rings. The summed E-state index contributed by atoms with van der Waals surface area (Å²) in [6.45, 7) is 1.59. The van der Waals surface area contributed by atoms with Gasteiger partial charge in [-0.25, -0.2) is 0 Å². The van der Waals surface area contributed by atoms with E-state index in [0.717, 1.165) is 10.9 Å². The van der Waals surface area contributed by atoms with Crippen molar-refractivity contribution in [2.45, 2.75) is 18.4 Å². The molecule has 0 aliphatic carbocycles. The molecule has 1 heterocycles. The summed E-state index contributed by atoms with van der Waals surface area (Å²) in [7, 11) is 0. The summed E-state index contributed by atoms with van der Waals surface area (Å²) >= 11 is 5.71. The van der Waals surface area contributed by atoms with Crippen molar-refractivity contribution in [2.75, 3.05) is 0 Å². The summed E-state index contributed by atoms with van der Waals surface area (Å²) in [4.78, 5) is 11.9. The van der Waals surface area contributed by atoms with Gasteiger partial charge in [-0.15, -0.1) is 11.6 Å². The predicted molar refractivity (Wildman–Crippen MR) is 63.9 cm³/mol. The maximum absolute atomic E-state index is 11.9. The maximum atomic E-state index is 11.9. The van der Waals surface area contributed by atoms with Crippen molar-refractivity contribution in [3.05, 3.63) is 36.5 Å². The van der Waals surface area contributed by atoms with Gasteiger partial charge in [-0.3, -0.25) is 9.36 Å². The van der Waals surface area contributed by atoms with Crippen molar-refractivity contribution >= 4 is 28.4 Å². The molecule has 0 spiro atoms. The third-order valence-corrected chi connectivity index (χ3v) is 2.76. The Labute approximate surface area is 98.3 Å². The number of aromatic nitrogens is 1. The third-order valence-electron chi connectivity index (χ3n) is 2.52. The van der Waals surface area contributed by atoms with Crippen LogP contribution >= 0.6 is 11.6 Å². The van der Waals surface area contributed by atoms with Crippen molar-refractivity contribution < 1.29 is 9.90 Å². The molecule has 1 aromatic heterocycles. The van der Waals surface area contributed by atoms with Crippen LogP contribution in [0.15, 0.2) is 36.5 Å². The molecular formula is C12H12ClNO2. The Hall–Kier alpha value is -1.32. The zero-order valence-corrected chi connectivity index (χ0v) is 9.56. The van der Waals surface area contributed by atoms with Crippen LogP contribution in [0, 0.1) is 0 Å². The van der Waals surface area contributed by atoms with Crippen LogP contribution in [0.1, 0.15) is 11.7 Å². The van der Waals surface area contributed by atoms with E-state index < -0.39 is 17.4 Å². The first-order valence-corrected chi connectivity index (χ1v) is 5.47. The van der Waals surface area contributed by atoms with E-state index in [-0.39, 0.29) is 0 Å². The average Bonchev–Trinajstić information content (AvgIpc) is 2.70. The summed E-state index contributed by atoms with van der Waals surface area (Å²) in [6, 6.07) is 9.33. The standard InChI is InChI=1S/C12H12ClNO2/c1-8(13)11(15)12(16)14-7-6-9-4-2-3-5-10(9)14/h2-8,11,15H,1H3. The lowest BCUT2D eigenvalue weighted by Crippen LogP contribution is -2.32. The fourth-order valence-corrected chi connectivity index (χ4v) is 1.72. The van der Waals surface area contributed by atoms with Gasteiger partial charge in [0.2, 0.25) is 0 Å². The molecule has 2 rings (SSSR count). The van der Waals surface area contributed by atoms with E-state index in [9.17, 15) is 9.90 Å². The number of aliphatic hydroxyl groups excluding tert-OH is 1. The summed E-state index contributed by atoms with van der Waals surface area (Å²) in [5.74, 6) is -0.399. The second-order valence-electron chi connectivity index (χ2n) is 3.71. The lowest BCUT2D eigenvalue weighted by Gasteiger charge is -2.12. The van der Waals surface area contributed by atoms with Gasteiger partial charge in [0.1, 0.15) is 6.10 Å². The molecule has 1 aromatic carbocycles. The number of hydrogen-bond donors (Lipinski definition) is 1. The van der Waals surface area contributed by atoms with Crippen LogP contribution in [0.5, 0.6) is 0 Å². The molecule has 2 aromatic rings. The minimum atomic E-state index is -1.18. The zero-order valence-electron chi connectivity index (χ0n) is 8.80. The normalized spacial score (nSPS) is 14.9. The molecular weight excluding hydrogens is 226 g/mol. The molecule has 0 aliphatic rings. The molecule has 1 N–H and O–H groups in total. The van der Waals surface area contributed by atoms with Gasteiger partial charge in [0.25, 0.3) is 5.91 Å². The lowest BCUT2D eigenvalue weighted by molar-refractivity contribution is 0.0661. The molecule has 0 saturated heterocycles. The van der Waals surface area contributed by atoms with Crippen LogP contribution in [0.3, 0.4) is 0 Å². The van der Waals surface area contributed by atoms with Crippen LogP contribution < -0.4 is 0 Å². The fraction of sp³-hybridized carbons (Fsp3) is 0.250. The predicted octanol–water partition coefficient (Wildman–Crippen LogP) is 2.27. The van der Waals surface area contributed by atoms with Gasteiger partial charge >= 0.3 is 0 Å².